The van der Waals surface area contributed by atoms with Gasteiger partial charge in [-0.1, -0.05) is 37.4 Å². The topological polar surface area (TPSA) is 112 Å². The standard InChI is InChI=1S/C21H32N4O4S/c1-2-3-14-30-25-18(20(27)28)15-16-7-9-17(10-8-16)29-13-4-6-19(26)24-21-22-11-5-12-23-21/h7-10,18,25H,2-6,11-15H2,1H3,(H,27,28)(H2,22,23,24,26). The van der Waals surface area contributed by atoms with E-state index in [0.29, 0.717) is 37.6 Å². The van der Waals surface area contributed by atoms with E-state index in [9.17, 15) is 14.7 Å². The second-order valence-corrected chi connectivity index (χ2v) is 8.00. The van der Waals surface area contributed by atoms with Gasteiger partial charge in [0.25, 0.3) is 0 Å². The molecule has 166 valence electrons. The molecule has 1 amide bonds. The molecule has 1 aliphatic rings. The zero-order valence-electron chi connectivity index (χ0n) is 17.5. The Morgan fingerprint density at radius 2 is 2.10 bits per heavy atom. The van der Waals surface area contributed by atoms with E-state index < -0.39 is 12.0 Å². The maximum atomic E-state index is 11.9. The largest absolute Gasteiger partial charge is 0.494 e. The maximum Gasteiger partial charge on any atom is 0.321 e. The molecule has 0 fully saturated rings. The summed E-state index contributed by atoms with van der Waals surface area (Å²) in [6.07, 6.45) is 4.50. The number of carbonyl (C=O) groups excluding carboxylic acids is 1. The van der Waals surface area contributed by atoms with Crippen LogP contribution in [0.3, 0.4) is 0 Å². The first-order chi connectivity index (χ1) is 14.6. The zero-order valence-corrected chi connectivity index (χ0v) is 18.3. The minimum atomic E-state index is -0.855. The molecule has 9 heteroatoms. The average Bonchev–Trinajstić information content (AvgIpc) is 2.75. The number of guanidine groups is 1. The fourth-order valence-corrected chi connectivity index (χ4v) is 3.68. The van der Waals surface area contributed by atoms with Crippen LogP contribution < -0.4 is 20.1 Å². The van der Waals surface area contributed by atoms with E-state index >= 15 is 0 Å². The number of aliphatic imine (C=N–C) groups is 1. The molecule has 1 aliphatic heterocycles. The molecule has 0 aromatic heterocycles. The number of aliphatic carboxylic acids is 1. The molecule has 1 heterocycles. The molecule has 8 nitrogen and oxygen atoms in total. The number of carboxylic acid groups (broad SMARTS) is 1. The highest BCUT2D eigenvalue weighted by molar-refractivity contribution is 7.97. The number of benzene rings is 1. The number of carbonyl (C=O) groups is 2. The number of nitrogens with zero attached hydrogens (tertiary/aromatic N) is 1. The van der Waals surface area contributed by atoms with E-state index in [1.54, 1.807) is 0 Å². The smallest absolute Gasteiger partial charge is 0.321 e. The quantitative estimate of drug-likeness (QED) is 0.277. The van der Waals surface area contributed by atoms with Gasteiger partial charge in [-0.05, 0) is 43.4 Å². The number of carboxylic acids is 1. The summed E-state index contributed by atoms with van der Waals surface area (Å²) in [7, 11) is 0. The van der Waals surface area contributed by atoms with Crippen LogP contribution in [0.5, 0.6) is 5.75 Å². The zero-order chi connectivity index (χ0) is 21.6. The molecule has 1 aromatic rings. The lowest BCUT2D eigenvalue weighted by Crippen LogP contribution is -2.43. The van der Waals surface area contributed by atoms with Crippen molar-refractivity contribution in [2.24, 2.45) is 4.99 Å². The summed E-state index contributed by atoms with van der Waals surface area (Å²) in [4.78, 5) is 27.5. The van der Waals surface area contributed by atoms with E-state index in [1.165, 1.54) is 11.9 Å². The third-order valence-electron chi connectivity index (χ3n) is 4.46. The molecule has 1 aromatic carbocycles. The van der Waals surface area contributed by atoms with Crippen LogP contribution in [0, 0.1) is 0 Å². The van der Waals surface area contributed by atoms with Gasteiger partial charge in [0, 0.05) is 25.3 Å². The van der Waals surface area contributed by atoms with Crippen LogP contribution in [0.2, 0.25) is 0 Å². The van der Waals surface area contributed by atoms with Gasteiger partial charge in [0.1, 0.15) is 11.8 Å². The lowest BCUT2D eigenvalue weighted by Gasteiger charge is -2.15. The highest BCUT2D eigenvalue weighted by Crippen LogP contribution is 2.15. The number of hydrogen-bond acceptors (Lipinski definition) is 7. The average molecular weight is 437 g/mol. The van der Waals surface area contributed by atoms with Crippen molar-refractivity contribution in [2.75, 3.05) is 25.4 Å². The van der Waals surface area contributed by atoms with Gasteiger partial charge in [-0.3, -0.25) is 19.9 Å². The van der Waals surface area contributed by atoms with Crippen LogP contribution in [0.25, 0.3) is 0 Å². The van der Waals surface area contributed by atoms with Crippen LogP contribution >= 0.6 is 11.9 Å². The van der Waals surface area contributed by atoms with Gasteiger partial charge in [-0.15, -0.1) is 0 Å². The normalized spacial score (nSPS) is 14.4. The maximum absolute atomic E-state index is 11.9. The highest BCUT2D eigenvalue weighted by Gasteiger charge is 2.17. The first-order valence-electron chi connectivity index (χ1n) is 10.5. The monoisotopic (exact) mass is 436 g/mol. The first-order valence-corrected chi connectivity index (χ1v) is 11.5. The van der Waals surface area contributed by atoms with Crippen molar-refractivity contribution >= 4 is 29.8 Å². The molecule has 0 aliphatic carbocycles. The van der Waals surface area contributed by atoms with Crippen LogP contribution in [-0.2, 0) is 16.0 Å². The van der Waals surface area contributed by atoms with E-state index in [4.69, 9.17) is 4.74 Å². The van der Waals surface area contributed by atoms with Crippen LogP contribution in [-0.4, -0.2) is 54.4 Å². The van der Waals surface area contributed by atoms with Gasteiger partial charge in [0.15, 0.2) is 5.96 Å². The predicted octanol–water partition coefficient (Wildman–Crippen LogP) is 2.34. The predicted molar refractivity (Wildman–Crippen MR) is 120 cm³/mol. The van der Waals surface area contributed by atoms with Crippen LogP contribution in [0.1, 0.15) is 44.6 Å². The number of unbranched alkanes of at least 4 members (excludes halogenated alkanes) is 1. The molecule has 1 atom stereocenters. The van der Waals surface area contributed by atoms with E-state index in [1.807, 2.05) is 24.3 Å². The molecule has 2 rings (SSSR count). The molecular formula is C21H32N4O4S. The summed E-state index contributed by atoms with van der Waals surface area (Å²) in [5.74, 6) is 1.23. The number of nitrogens with one attached hydrogen (secondary N) is 3. The van der Waals surface area contributed by atoms with E-state index in [2.05, 4.69) is 27.3 Å². The summed E-state index contributed by atoms with van der Waals surface area (Å²) in [6.45, 7) is 4.11. The third kappa shape index (κ3) is 9.49. The summed E-state index contributed by atoms with van der Waals surface area (Å²) < 4.78 is 8.72. The Bertz CT molecular complexity index is 697. The lowest BCUT2D eigenvalue weighted by molar-refractivity contribution is -0.138. The molecule has 0 radical (unpaired) electrons. The second kappa shape index (κ2) is 13.9. The fourth-order valence-electron chi connectivity index (χ4n) is 2.75. The number of rotatable bonds is 13. The second-order valence-electron chi connectivity index (χ2n) is 7.07. The first kappa shape index (κ1) is 24.0. The van der Waals surface area contributed by atoms with Crippen molar-refractivity contribution in [1.82, 2.24) is 15.4 Å². The van der Waals surface area contributed by atoms with Crippen molar-refractivity contribution in [3.05, 3.63) is 29.8 Å². The van der Waals surface area contributed by atoms with E-state index in [0.717, 1.165) is 43.7 Å². The molecule has 4 N–H and O–H groups in total. The summed E-state index contributed by atoms with van der Waals surface area (Å²) >= 11 is 1.46. The Morgan fingerprint density at radius 3 is 2.77 bits per heavy atom. The lowest BCUT2D eigenvalue weighted by atomic mass is 10.1. The minimum Gasteiger partial charge on any atom is -0.494 e. The van der Waals surface area contributed by atoms with Crippen LogP contribution in [0.15, 0.2) is 29.3 Å². The highest BCUT2D eigenvalue weighted by atomic mass is 32.2. The van der Waals surface area contributed by atoms with Crippen LogP contribution in [0.4, 0.5) is 0 Å². The van der Waals surface area contributed by atoms with Gasteiger partial charge >= 0.3 is 5.97 Å². The molecule has 0 saturated heterocycles. The number of amides is 1. The molecule has 0 saturated carbocycles. The van der Waals surface area contributed by atoms with Crippen molar-refractivity contribution in [1.29, 1.82) is 0 Å². The SMILES string of the molecule is CCCCSNC(Cc1ccc(OCCCC(=O)NC2=NCCCN2)cc1)C(=O)O. The molecule has 0 bridgehead atoms. The van der Waals surface area contributed by atoms with Gasteiger partial charge < -0.3 is 15.2 Å². The van der Waals surface area contributed by atoms with Crippen molar-refractivity contribution < 1.29 is 19.4 Å². The number of ether oxygens (including phenoxy) is 1. The Morgan fingerprint density at radius 1 is 1.30 bits per heavy atom. The molecule has 0 spiro atoms. The minimum absolute atomic E-state index is 0.0777. The Balaban J connectivity index is 1.67. The van der Waals surface area contributed by atoms with Gasteiger partial charge in [-0.25, -0.2) is 4.72 Å². The van der Waals surface area contributed by atoms with Crippen molar-refractivity contribution in [3.8, 4) is 5.75 Å². The number of hydrogen-bond donors (Lipinski definition) is 4. The van der Waals surface area contributed by atoms with Crippen molar-refractivity contribution in [2.45, 2.75) is 51.5 Å². The fraction of sp³-hybridized carbons (Fsp3) is 0.571. The van der Waals surface area contributed by atoms with Gasteiger partial charge in [-0.2, -0.15) is 0 Å². The Hall–Kier alpha value is -2.26. The Kier molecular flexibility index (Phi) is 11.1. The van der Waals surface area contributed by atoms with E-state index in [-0.39, 0.29) is 5.91 Å². The summed E-state index contributed by atoms with van der Waals surface area (Å²) in [5, 5.41) is 15.2. The van der Waals surface area contributed by atoms with Gasteiger partial charge in [0.05, 0.1) is 6.61 Å². The third-order valence-corrected chi connectivity index (χ3v) is 5.40. The Labute approximate surface area is 182 Å². The molecule has 1 unspecified atom stereocenters. The summed E-state index contributed by atoms with van der Waals surface area (Å²) in [6, 6.07) is 6.80. The molecule has 30 heavy (non-hydrogen) atoms. The molecular weight excluding hydrogens is 404 g/mol. The summed E-state index contributed by atoms with van der Waals surface area (Å²) in [5.41, 5.74) is 0.929. The van der Waals surface area contributed by atoms with Gasteiger partial charge in [0.2, 0.25) is 5.91 Å². The van der Waals surface area contributed by atoms with Crippen molar-refractivity contribution in [3.63, 3.8) is 0 Å².